The van der Waals surface area contributed by atoms with Gasteiger partial charge in [0.15, 0.2) is 0 Å². The highest BCUT2D eigenvalue weighted by atomic mass is 32.1. The molecule has 2 unspecified atom stereocenters. The lowest BCUT2D eigenvalue weighted by Crippen LogP contribution is -2.57. The summed E-state index contributed by atoms with van der Waals surface area (Å²) in [6.07, 6.45) is 8.43. The number of thiazole rings is 1. The molecule has 71 heavy (non-hydrogen) atoms. The van der Waals surface area contributed by atoms with Gasteiger partial charge in [-0.3, -0.25) is 19.3 Å². The molecule has 15 nitrogen and oxygen atoms in total. The van der Waals surface area contributed by atoms with Gasteiger partial charge in [-0.2, -0.15) is 9.97 Å². The van der Waals surface area contributed by atoms with E-state index < -0.39 is 17.5 Å². The number of phenols is 1. The Morgan fingerprint density at radius 1 is 0.930 bits per heavy atom. The minimum atomic E-state index is -0.756. The molecular formula is C55H70N10O5S. The molecule has 16 heteroatoms. The number of amides is 3. The van der Waals surface area contributed by atoms with Gasteiger partial charge in [-0.1, -0.05) is 69.3 Å². The third-order valence-electron chi connectivity index (χ3n) is 15.4. The lowest BCUT2D eigenvalue weighted by atomic mass is 9.85. The Morgan fingerprint density at radius 2 is 1.72 bits per heavy atom. The van der Waals surface area contributed by atoms with Crippen LogP contribution in [-0.2, 0) is 33.9 Å². The Morgan fingerprint density at radius 3 is 2.49 bits per heavy atom. The summed E-state index contributed by atoms with van der Waals surface area (Å²) in [5, 5.41) is 22.8. The van der Waals surface area contributed by atoms with Crippen LogP contribution in [0, 0.1) is 12.3 Å². The monoisotopic (exact) mass is 983 g/mol. The van der Waals surface area contributed by atoms with Gasteiger partial charge < -0.3 is 40.5 Å². The van der Waals surface area contributed by atoms with Crippen LogP contribution in [0.2, 0.25) is 0 Å². The molecule has 376 valence electrons. The molecule has 4 N–H and O–H groups in total. The molecule has 0 spiro atoms. The number of carbonyl (C=O) groups is 3. The number of anilines is 2. The van der Waals surface area contributed by atoms with E-state index >= 15 is 0 Å². The summed E-state index contributed by atoms with van der Waals surface area (Å²) in [5.74, 6) is 0.737. The van der Waals surface area contributed by atoms with Gasteiger partial charge in [0.25, 0.3) is 0 Å². The van der Waals surface area contributed by atoms with E-state index in [9.17, 15) is 19.5 Å². The average molecular weight is 983 g/mol. The molecule has 2 aromatic heterocycles. The SMILES string of the molecule is Cc1ncsc1-c1ccc(CNC(=O)[C@@H]2CCCN2C(=O)[C@@H](NC(=O)CCCCN2CCC[C@H]2COc2nc3c(c(N4CC5CCC(C4)N5)n2)CCN(c2cc(O)cc4ccccc24)C3)C(C)(C)C)cc1. The highest BCUT2D eigenvalue weighted by molar-refractivity contribution is 7.13. The van der Waals surface area contributed by atoms with Crippen molar-refractivity contribution in [3.8, 4) is 22.2 Å². The first kappa shape index (κ1) is 48.8. The minimum absolute atomic E-state index is 0.148. The van der Waals surface area contributed by atoms with Crippen molar-refractivity contribution in [3.63, 3.8) is 0 Å². The maximum absolute atomic E-state index is 14.2. The summed E-state index contributed by atoms with van der Waals surface area (Å²) in [7, 11) is 0. The van der Waals surface area contributed by atoms with E-state index in [1.807, 2.05) is 75.7 Å². The number of carbonyl (C=O) groups excluding carboxylic acids is 3. The van der Waals surface area contributed by atoms with Crippen LogP contribution in [0.15, 0.2) is 66.2 Å². The smallest absolute Gasteiger partial charge is 0.318 e. The molecule has 0 radical (unpaired) electrons. The molecule has 0 saturated carbocycles. The molecule has 0 aliphatic carbocycles. The first-order valence-corrected chi connectivity index (χ1v) is 26.8. The number of rotatable bonds is 16. The van der Waals surface area contributed by atoms with Gasteiger partial charge in [0.1, 0.15) is 30.3 Å². The number of likely N-dealkylation sites (tertiary alicyclic amines) is 2. The summed E-state index contributed by atoms with van der Waals surface area (Å²) in [6, 6.07) is 20.3. The van der Waals surface area contributed by atoms with Crippen molar-refractivity contribution in [1.29, 1.82) is 0 Å². The average Bonchev–Trinajstić information content (AvgIpc) is 4.20. The molecule has 5 aliphatic heterocycles. The quantitative estimate of drug-likeness (QED) is 0.0741. The Labute approximate surface area is 421 Å². The summed E-state index contributed by atoms with van der Waals surface area (Å²) in [5.41, 5.74) is 7.56. The van der Waals surface area contributed by atoms with Crippen molar-refractivity contribution < 1.29 is 24.2 Å². The lowest BCUT2D eigenvalue weighted by molar-refractivity contribution is -0.144. The molecule has 3 aromatic carbocycles. The second kappa shape index (κ2) is 21.1. The van der Waals surface area contributed by atoms with E-state index in [2.05, 4.69) is 53.8 Å². The van der Waals surface area contributed by atoms with Crippen molar-refractivity contribution in [2.75, 3.05) is 55.7 Å². The Hall–Kier alpha value is -5.84. The number of piperazine rings is 1. The van der Waals surface area contributed by atoms with E-state index in [4.69, 9.17) is 14.7 Å². The number of benzene rings is 3. The Kier molecular flexibility index (Phi) is 14.5. The zero-order valence-electron chi connectivity index (χ0n) is 41.8. The molecule has 7 heterocycles. The number of aromatic hydroxyl groups is 1. The van der Waals surface area contributed by atoms with Crippen molar-refractivity contribution in [2.24, 2.45) is 5.41 Å². The molecule has 3 amide bonds. The first-order chi connectivity index (χ1) is 34.3. The predicted octanol–water partition coefficient (Wildman–Crippen LogP) is 7.12. The number of aromatic nitrogens is 3. The highest BCUT2D eigenvalue weighted by Gasteiger charge is 2.42. The largest absolute Gasteiger partial charge is 0.508 e. The molecule has 5 atom stereocenters. The Balaban J connectivity index is 0.725. The number of phenolic OH excluding ortho intramolecular Hbond substituents is 1. The van der Waals surface area contributed by atoms with Crippen LogP contribution in [0.25, 0.3) is 21.2 Å². The standard InChI is InChI=1S/C55H70N10O5S/c1-35-49(71-34-57-35)37-18-16-36(17-19-37)29-56-52(68)46-14-10-25-65(46)53(69)50(55(2,3)4)60-48(67)15-7-8-23-62-24-9-12-41(62)33-70-54-59-45-32-63(47-28-42(66)27-38-11-5-6-13-43(38)47)26-22-44(45)51(61-54)64-30-39-20-21-40(31-64)58-39/h5-6,11,13,16-19,27-28,34,39-41,46,50,58,66H,7-10,12,14-15,20-26,29-33H2,1-4H3,(H,56,68)(H,60,67)/t39?,40?,41-,46-,50+/m0/s1. The summed E-state index contributed by atoms with van der Waals surface area (Å²) < 4.78 is 6.59. The number of ether oxygens (including phenoxy) is 1. The molecule has 4 saturated heterocycles. The van der Waals surface area contributed by atoms with Gasteiger partial charge in [-0.15, -0.1) is 11.3 Å². The second-order valence-corrected chi connectivity index (χ2v) is 22.3. The molecule has 10 rings (SSSR count). The lowest BCUT2D eigenvalue weighted by Gasteiger charge is -2.37. The van der Waals surface area contributed by atoms with Gasteiger partial charge in [0.2, 0.25) is 17.7 Å². The van der Waals surface area contributed by atoms with Gasteiger partial charge in [-0.25, -0.2) is 4.98 Å². The van der Waals surface area contributed by atoms with E-state index in [0.717, 1.165) is 114 Å². The second-order valence-electron chi connectivity index (χ2n) is 21.5. The molecule has 5 aromatic rings. The van der Waals surface area contributed by atoms with Crippen LogP contribution >= 0.6 is 11.3 Å². The van der Waals surface area contributed by atoms with Gasteiger partial charge in [0.05, 0.1) is 28.3 Å². The Bertz CT molecular complexity index is 2710. The molecule has 4 fully saturated rings. The zero-order valence-corrected chi connectivity index (χ0v) is 42.6. The van der Waals surface area contributed by atoms with Gasteiger partial charge in [0, 0.05) is 80.0 Å². The fourth-order valence-corrected chi connectivity index (χ4v) is 12.4. The number of hydrogen-bond donors (Lipinski definition) is 4. The van der Waals surface area contributed by atoms with Crippen LogP contribution < -0.4 is 30.5 Å². The van der Waals surface area contributed by atoms with Crippen LogP contribution in [0.1, 0.15) is 101 Å². The van der Waals surface area contributed by atoms with E-state index in [1.54, 1.807) is 16.2 Å². The summed E-state index contributed by atoms with van der Waals surface area (Å²) in [6.45, 7) is 14.3. The zero-order chi connectivity index (χ0) is 49.2. The normalized spacial score (nSPS) is 21.7. The third-order valence-corrected chi connectivity index (χ3v) is 16.4. The molecule has 2 bridgehead atoms. The number of hydrogen-bond acceptors (Lipinski definition) is 13. The van der Waals surface area contributed by atoms with Crippen molar-refractivity contribution in [3.05, 3.63) is 88.7 Å². The fourth-order valence-electron chi connectivity index (χ4n) is 11.6. The number of aryl methyl sites for hydroxylation is 1. The number of unbranched alkanes of at least 4 members (excludes halogenated alkanes) is 1. The maximum atomic E-state index is 14.2. The predicted molar refractivity (Wildman–Crippen MR) is 279 cm³/mol. The summed E-state index contributed by atoms with van der Waals surface area (Å²) in [4.78, 5) is 66.0. The van der Waals surface area contributed by atoms with Gasteiger partial charge in [-0.05, 0) is 106 Å². The number of fused-ring (bicyclic) bond motifs is 4. The van der Waals surface area contributed by atoms with E-state index in [-0.39, 0.29) is 29.5 Å². The van der Waals surface area contributed by atoms with Crippen LogP contribution in [0.4, 0.5) is 11.5 Å². The van der Waals surface area contributed by atoms with Crippen LogP contribution in [0.5, 0.6) is 11.8 Å². The maximum Gasteiger partial charge on any atom is 0.318 e. The van der Waals surface area contributed by atoms with Crippen molar-refractivity contribution >= 4 is 51.3 Å². The topological polar surface area (TPSA) is 168 Å². The third kappa shape index (κ3) is 11.0. The summed E-state index contributed by atoms with van der Waals surface area (Å²) >= 11 is 1.61. The molecule has 5 aliphatic rings. The number of nitrogens with one attached hydrogen (secondary N) is 3. The highest BCUT2D eigenvalue weighted by Crippen LogP contribution is 2.38. The van der Waals surface area contributed by atoms with Crippen molar-refractivity contribution in [1.82, 2.24) is 40.7 Å². The van der Waals surface area contributed by atoms with E-state index in [1.165, 1.54) is 18.4 Å². The minimum Gasteiger partial charge on any atom is -0.508 e. The molecular weight excluding hydrogens is 913 g/mol. The van der Waals surface area contributed by atoms with Crippen molar-refractivity contribution in [2.45, 2.75) is 135 Å². The van der Waals surface area contributed by atoms with Gasteiger partial charge >= 0.3 is 6.01 Å². The van der Waals surface area contributed by atoms with Crippen LogP contribution in [0.3, 0.4) is 0 Å². The number of nitrogens with zero attached hydrogens (tertiary/aromatic N) is 7. The van der Waals surface area contributed by atoms with E-state index in [0.29, 0.717) is 63.6 Å². The first-order valence-electron chi connectivity index (χ1n) is 26.0. The fraction of sp³-hybridized carbons (Fsp3) is 0.527. The van der Waals surface area contributed by atoms with Crippen LogP contribution in [-0.4, -0.2) is 124 Å².